The normalized spacial score (nSPS) is 13.1. The quantitative estimate of drug-likeness (QED) is 0.709. The molecule has 1 saturated carbocycles. The minimum Gasteiger partial charge on any atom is -0.491 e. The lowest BCUT2D eigenvalue weighted by Crippen LogP contribution is -2.25. The van der Waals surface area contributed by atoms with Gasteiger partial charge in [0.15, 0.2) is 0 Å². The highest BCUT2D eigenvalue weighted by Crippen LogP contribution is 2.26. The summed E-state index contributed by atoms with van der Waals surface area (Å²) in [6.07, 6.45) is 2.04. The van der Waals surface area contributed by atoms with Gasteiger partial charge in [0, 0.05) is 11.7 Å². The first kappa shape index (κ1) is 19.5. The van der Waals surface area contributed by atoms with E-state index in [9.17, 15) is 14.0 Å². The number of benzene rings is 2. The zero-order valence-electron chi connectivity index (χ0n) is 14.2. The van der Waals surface area contributed by atoms with Crippen LogP contribution < -0.4 is 15.4 Å². The van der Waals surface area contributed by atoms with Gasteiger partial charge in [0.2, 0.25) is 5.91 Å². The first-order valence-electron chi connectivity index (χ1n) is 8.40. The van der Waals surface area contributed by atoms with Crippen LogP contribution in [-0.4, -0.2) is 24.5 Å². The molecule has 0 spiro atoms. The van der Waals surface area contributed by atoms with Gasteiger partial charge >= 0.3 is 0 Å². The maximum absolute atomic E-state index is 13.0. The first-order chi connectivity index (χ1) is 12.9. The highest BCUT2D eigenvalue weighted by Gasteiger charge is 2.24. The van der Waals surface area contributed by atoms with Crippen molar-refractivity contribution in [1.82, 2.24) is 5.32 Å². The van der Waals surface area contributed by atoms with E-state index >= 15 is 0 Å². The van der Waals surface area contributed by atoms with Gasteiger partial charge in [0.1, 0.15) is 11.6 Å². The molecule has 1 aliphatic rings. The summed E-state index contributed by atoms with van der Waals surface area (Å²) in [5.41, 5.74) is 0.851. The molecule has 1 fully saturated rings. The largest absolute Gasteiger partial charge is 0.491 e. The summed E-state index contributed by atoms with van der Waals surface area (Å²) in [4.78, 5) is 24.1. The molecule has 0 aromatic heterocycles. The lowest BCUT2D eigenvalue weighted by molar-refractivity contribution is -0.116. The minimum absolute atomic E-state index is 0.0647. The molecule has 142 valence electrons. The van der Waals surface area contributed by atoms with E-state index in [1.54, 1.807) is 12.1 Å². The van der Waals surface area contributed by atoms with Crippen LogP contribution >= 0.6 is 23.2 Å². The number of amides is 2. The van der Waals surface area contributed by atoms with E-state index in [0.29, 0.717) is 17.0 Å². The number of anilines is 1. The lowest BCUT2D eigenvalue weighted by atomic mass is 10.2. The highest BCUT2D eigenvalue weighted by molar-refractivity contribution is 6.34. The number of carbonyl (C=O) groups is 2. The fraction of sp³-hybridized carbons (Fsp3) is 0.263. The second-order valence-electron chi connectivity index (χ2n) is 6.16. The Kier molecular flexibility index (Phi) is 6.19. The molecule has 1 aliphatic carbocycles. The number of nitrogens with one attached hydrogen (secondary N) is 2. The molecular formula is C19H17Cl2FN2O3. The fourth-order valence-electron chi connectivity index (χ4n) is 2.34. The molecule has 2 amide bonds. The van der Waals surface area contributed by atoms with Crippen LogP contribution in [0.4, 0.5) is 10.1 Å². The van der Waals surface area contributed by atoms with Gasteiger partial charge in [-0.3, -0.25) is 9.59 Å². The van der Waals surface area contributed by atoms with Gasteiger partial charge in [-0.05, 0) is 49.2 Å². The van der Waals surface area contributed by atoms with E-state index < -0.39 is 5.82 Å². The Morgan fingerprint density at radius 1 is 1.11 bits per heavy atom. The Hall–Kier alpha value is -2.31. The third-order valence-corrected chi connectivity index (χ3v) is 4.50. The van der Waals surface area contributed by atoms with Gasteiger partial charge in [-0.25, -0.2) is 4.39 Å². The van der Waals surface area contributed by atoms with Gasteiger partial charge in [-0.2, -0.15) is 0 Å². The molecule has 0 heterocycles. The monoisotopic (exact) mass is 410 g/mol. The highest BCUT2D eigenvalue weighted by atomic mass is 35.5. The standard InChI is InChI=1S/C19H17Cl2FN2O3/c20-15-10-13(4-5-14(15)19(26)24-12-2-3-12)23-18(25)7-8-27-17-6-1-11(22)9-16(17)21/h1,4-6,9-10,12H,2-3,7-8H2,(H,23,25)(H,24,26). The van der Waals surface area contributed by atoms with Crippen LogP contribution in [0.3, 0.4) is 0 Å². The van der Waals surface area contributed by atoms with Crippen molar-refractivity contribution in [3.8, 4) is 5.75 Å². The SMILES string of the molecule is O=C(CCOc1ccc(F)cc1Cl)Nc1ccc(C(=O)NC2CC2)c(Cl)c1. The van der Waals surface area contributed by atoms with Gasteiger partial charge < -0.3 is 15.4 Å². The fourth-order valence-corrected chi connectivity index (χ4v) is 2.83. The predicted molar refractivity (Wildman–Crippen MR) is 102 cm³/mol. The summed E-state index contributed by atoms with van der Waals surface area (Å²) in [7, 11) is 0. The van der Waals surface area contributed by atoms with Crippen molar-refractivity contribution in [1.29, 1.82) is 0 Å². The molecule has 8 heteroatoms. The third kappa shape index (κ3) is 5.58. The summed E-state index contributed by atoms with van der Waals surface area (Å²) in [5.74, 6) is -0.666. The summed E-state index contributed by atoms with van der Waals surface area (Å²) in [6, 6.07) is 8.72. The molecule has 2 N–H and O–H groups in total. The maximum atomic E-state index is 13.0. The van der Waals surface area contributed by atoms with Crippen molar-refractivity contribution in [3.63, 3.8) is 0 Å². The molecule has 5 nitrogen and oxygen atoms in total. The zero-order chi connectivity index (χ0) is 19.4. The van der Waals surface area contributed by atoms with E-state index in [1.165, 1.54) is 18.2 Å². The molecule has 0 bridgehead atoms. The molecule has 0 atom stereocenters. The maximum Gasteiger partial charge on any atom is 0.253 e. The third-order valence-electron chi connectivity index (χ3n) is 3.89. The lowest BCUT2D eigenvalue weighted by Gasteiger charge is -2.10. The van der Waals surface area contributed by atoms with Gasteiger partial charge in [-0.15, -0.1) is 0 Å². The van der Waals surface area contributed by atoms with E-state index in [4.69, 9.17) is 27.9 Å². The zero-order valence-corrected chi connectivity index (χ0v) is 15.7. The molecule has 2 aromatic carbocycles. The van der Waals surface area contributed by atoms with Crippen molar-refractivity contribution in [3.05, 3.63) is 57.8 Å². The molecular weight excluding hydrogens is 394 g/mol. The summed E-state index contributed by atoms with van der Waals surface area (Å²) in [6.45, 7) is 0.0762. The smallest absolute Gasteiger partial charge is 0.253 e. The Labute approximate surface area is 165 Å². The summed E-state index contributed by atoms with van der Waals surface area (Å²) in [5, 5.41) is 5.95. The van der Waals surface area contributed by atoms with Crippen LogP contribution in [0.25, 0.3) is 0 Å². The summed E-state index contributed by atoms with van der Waals surface area (Å²) >= 11 is 12.0. The molecule has 0 aliphatic heterocycles. The average molecular weight is 411 g/mol. The Balaban J connectivity index is 1.50. The van der Waals surface area contributed by atoms with E-state index in [1.807, 2.05) is 0 Å². The predicted octanol–water partition coefficient (Wildman–Crippen LogP) is 4.43. The molecule has 0 unspecified atom stereocenters. The van der Waals surface area contributed by atoms with Gasteiger partial charge in [0.25, 0.3) is 5.91 Å². The van der Waals surface area contributed by atoms with Crippen molar-refractivity contribution in [2.45, 2.75) is 25.3 Å². The Morgan fingerprint density at radius 3 is 2.56 bits per heavy atom. The molecule has 0 saturated heterocycles. The number of hydrogen-bond donors (Lipinski definition) is 2. The Morgan fingerprint density at radius 2 is 1.89 bits per heavy atom. The van der Waals surface area contributed by atoms with Crippen molar-refractivity contribution in [2.75, 3.05) is 11.9 Å². The van der Waals surface area contributed by atoms with Crippen LogP contribution in [0.5, 0.6) is 5.75 Å². The number of ether oxygens (including phenoxy) is 1. The molecule has 2 aromatic rings. The van der Waals surface area contributed by atoms with Gasteiger partial charge in [-0.1, -0.05) is 23.2 Å². The van der Waals surface area contributed by atoms with Crippen molar-refractivity contribution >= 4 is 40.7 Å². The molecule has 3 rings (SSSR count). The van der Waals surface area contributed by atoms with E-state index in [0.717, 1.165) is 18.9 Å². The number of hydrogen-bond acceptors (Lipinski definition) is 3. The first-order valence-corrected chi connectivity index (χ1v) is 9.16. The van der Waals surface area contributed by atoms with Gasteiger partial charge in [0.05, 0.1) is 28.6 Å². The summed E-state index contributed by atoms with van der Waals surface area (Å²) < 4.78 is 18.4. The van der Waals surface area contributed by atoms with Crippen LogP contribution in [-0.2, 0) is 4.79 Å². The minimum atomic E-state index is -0.462. The van der Waals surface area contributed by atoms with Crippen LogP contribution in [0.1, 0.15) is 29.6 Å². The topological polar surface area (TPSA) is 67.4 Å². The van der Waals surface area contributed by atoms with Crippen molar-refractivity contribution in [2.24, 2.45) is 0 Å². The Bertz CT molecular complexity index is 872. The van der Waals surface area contributed by atoms with Crippen LogP contribution in [0.15, 0.2) is 36.4 Å². The van der Waals surface area contributed by atoms with E-state index in [2.05, 4.69) is 10.6 Å². The van der Waals surface area contributed by atoms with Crippen LogP contribution in [0.2, 0.25) is 10.0 Å². The average Bonchev–Trinajstić information content (AvgIpc) is 3.40. The van der Waals surface area contributed by atoms with Crippen LogP contribution in [0, 0.1) is 5.82 Å². The number of rotatable bonds is 7. The molecule has 0 radical (unpaired) electrons. The number of halogens is 3. The second-order valence-corrected chi connectivity index (χ2v) is 6.98. The van der Waals surface area contributed by atoms with E-state index in [-0.39, 0.29) is 40.9 Å². The number of carbonyl (C=O) groups excluding carboxylic acids is 2. The molecule has 27 heavy (non-hydrogen) atoms. The van der Waals surface area contributed by atoms with Crippen molar-refractivity contribution < 1.29 is 18.7 Å². The second kappa shape index (κ2) is 8.59.